The van der Waals surface area contributed by atoms with Gasteiger partial charge in [-0.3, -0.25) is 24.5 Å². The van der Waals surface area contributed by atoms with Gasteiger partial charge in [0.15, 0.2) is 11.5 Å². The van der Waals surface area contributed by atoms with Gasteiger partial charge in [0, 0.05) is 46.1 Å². The number of ether oxygens (including phenoxy) is 15. The number of carbonyl (C=O) groups excluding carboxylic acids is 5. The van der Waals surface area contributed by atoms with Crippen molar-refractivity contribution < 1.29 is 95.0 Å². The monoisotopic (exact) mass is 1480 g/mol. The molecular formula is C77H91N9O21. The van der Waals surface area contributed by atoms with Gasteiger partial charge in [-0.05, 0) is 84.8 Å². The number of unbranched alkanes of at least 4 members (excludes halogenated alkanes) is 1. The molecule has 0 aliphatic carbocycles. The van der Waals surface area contributed by atoms with E-state index in [0.29, 0.717) is 158 Å². The molecule has 4 N–H and O–H groups in total. The number of hydrogen-bond donors (Lipinski definition) is 4. The molecule has 5 heterocycles. The molecule has 3 amide bonds. The van der Waals surface area contributed by atoms with E-state index in [0.717, 1.165) is 27.6 Å². The number of rotatable bonds is 48. The van der Waals surface area contributed by atoms with Crippen molar-refractivity contribution in [3.05, 3.63) is 199 Å². The van der Waals surface area contributed by atoms with Gasteiger partial charge in [0.1, 0.15) is 31.6 Å². The van der Waals surface area contributed by atoms with Crippen LogP contribution in [0.4, 0.5) is 4.79 Å². The Bertz CT molecular complexity index is 4100. The smallest absolute Gasteiger partial charge is 0.497 e. The predicted molar refractivity (Wildman–Crippen MR) is 387 cm³/mol. The summed E-state index contributed by atoms with van der Waals surface area (Å²) in [6, 6.07) is 42.1. The highest BCUT2D eigenvalue weighted by molar-refractivity contribution is 5.90. The van der Waals surface area contributed by atoms with E-state index < -0.39 is 72.0 Å². The zero-order valence-corrected chi connectivity index (χ0v) is 60.0. The minimum Gasteiger partial charge on any atom is -0.497 e. The fourth-order valence-corrected chi connectivity index (χ4v) is 12.5. The Kier molecular flexibility index (Phi) is 31.0. The molecule has 3 aliphatic rings. The number of nitrogens with one attached hydrogen (secondary N) is 4. The molecule has 2 aromatic heterocycles. The van der Waals surface area contributed by atoms with E-state index >= 15 is 0 Å². The first-order chi connectivity index (χ1) is 52.4. The molecule has 570 valence electrons. The Balaban J connectivity index is 0.708. The molecule has 7 aromatic rings. The van der Waals surface area contributed by atoms with Gasteiger partial charge in [0.2, 0.25) is 36.3 Å². The van der Waals surface area contributed by atoms with Gasteiger partial charge in [0.05, 0.1) is 147 Å². The molecule has 107 heavy (non-hydrogen) atoms. The van der Waals surface area contributed by atoms with Crippen LogP contribution in [0.3, 0.4) is 0 Å². The van der Waals surface area contributed by atoms with Gasteiger partial charge in [-0.15, -0.1) is 0 Å². The number of amides is 3. The molecule has 0 radical (unpaired) electrons. The average Bonchev–Trinajstić information content (AvgIpc) is 1.66. The van der Waals surface area contributed by atoms with E-state index in [2.05, 4.69) is 55.6 Å². The maximum atomic E-state index is 14.9. The second kappa shape index (κ2) is 41.7. The van der Waals surface area contributed by atoms with Crippen molar-refractivity contribution in [2.24, 2.45) is 5.11 Å². The van der Waals surface area contributed by atoms with Crippen LogP contribution in [0.5, 0.6) is 17.2 Å². The number of fused-ring (bicyclic) bond motifs is 6. The predicted octanol–water partition coefficient (Wildman–Crippen LogP) is 7.61. The molecule has 0 bridgehead atoms. The third kappa shape index (κ3) is 22.0. The lowest BCUT2D eigenvalue weighted by Gasteiger charge is -2.37. The number of aromatic nitrogens is 2. The summed E-state index contributed by atoms with van der Waals surface area (Å²) < 4.78 is 85.4. The average molecular weight is 1480 g/mol. The van der Waals surface area contributed by atoms with E-state index in [1.165, 1.54) is 4.57 Å². The first kappa shape index (κ1) is 79.5. The lowest BCUT2D eigenvalue weighted by Crippen LogP contribution is -2.50. The number of hydrogen-bond acceptors (Lipinski definition) is 24. The van der Waals surface area contributed by atoms with Crippen LogP contribution in [0.15, 0.2) is 149 Å². The summed E-state index contributed by atoms with van der Waals surface area (Å²) in [5.41, 5.74) is 10.3. The minimum atomic E-state index is -2.19. The van der Waals surface area contributed by atoms with E-state index in [1.807, 2.05) is 72.8 Å². The van der Waals surface area contributed by atoms with E-state index in [9.17, 15) is 28.8 Å². The number of pyridine rings is 2. The Morgan fingerprint density at radius 3 is 1.79 bits per heavy atom. The third-order valence-corrected chi connectivity index (χ3v) is 17.8. The number of nitrogens with zero attached hydrogens (tertiary/aromatic N) is 5. The molecule has 1 unspecified atom stereocenters. The first-order valence-corrected chi connectivity index (χ1v) is 35.6. The van der Waals surface area contributed by atoms with Crippen molar-refractivity contribution >= 4 is 40.7 Å². The highest BCUT2D eigenvalue weighted by Gasteiger charge is 2.51. The molecule has 30 heteroatoms. The van der Waals surface area contributed by atoms with Crippen molar-refractivity contribution in [1.82, 2.24) is 30.8 Å². The number of cyclic esters (lactones) is 1. The van der Waals surface area contributed by atoms with Gasteiger partial charge in [-0.2, -0.15) is 0 Å². The third-order valence-electron chi connectivity index (χ3n) is 17.8. The quantitative estimate of drug-likeness (QED) is 0.00542. The lowest BCUT2D eigenvalue weighted by atomic mass is 9.77. The molecule has 30 nitrogen and oxygen atoms in total. The Labute approximate surface area is 618 Å². The van der Waals surface area contributed by atoms with Crippen LogP contribution in [-0.2, 0) is 100 Å². The maximum absolute atomic E-state index is 14.9. The topological polar surface area (TPSA) is 356 Å². The minimum absolute atomic E-state index is 0.0710. The summed E-state index contributed by atoms with van der Waals surface area (Å²) in [5, 5.41) is 16.3. The zero-order valence-electron chi connectivity index (χ0n) is 60.0. The van der Waals surface area contributed by atoms with Crippen molar-refractivity contribution in [3.63, 3.8) is 0 Å². The fraction of sp³-hybridized carbons (Fsp3) is 0.442. The molecular weight excluding hydrogens is 1390 g/mol. The number of carbonyl (C=O) groups is 5. The van der Waals surface area contributed by atoms with E-state index in [-0.39, 0.29) is 63.7 Å². The van der Waals surface area contributed by atoms with Gasteiger partial charge in [0.25, 0.3) is 5.56 Å². The Morgan fingerprint density at radius 1 is 0.636 bits per heavy atom. The normalized spacial score (nSPS) is 14.5. The van der Waals surface area contributed by atoms with Crippen molar-refractivity contribution in [3.8, 4) is 28.6 Å². The van der Waals surface area contributed by atoms with Crippen LogP contribution in [0.1, 0.15) is 77.8 Å². The summed E-state index contributed by atoms with van der Waals surface area (Å²) in [5.74, 6) is -1.14. The van der Waals surface area contributed by atoms with Gasteiger partial charge in [-0.1, -0.05) is 115 Å². The molecule has 5 aromatic carbocycles. The number of methoxy groups -OCH3 is 1. The summed E-state index contributed by atoms with van der Waals surface area (Å²) in [4.78, 5) is 92.4. The van der Waals surface area contributed by atoms with Crippen molar-refractivity contribution in [1.29, 1.82) is 0 Å². The molecule has 3 atom stereocenters. The second-order valence-corrected chi connectivity index (χ2v) is 24.7. The summed E-state index contributed by atoms with van der Waals surface area (Å²) in [7, 11) is 1.61. The fourth-order valence-electron chi connectivity index (χ4n) is 12.5. The maximum Gasteiger partial charge on any atom is 0.511 e. The van der Waals surface area contributed by atoms with E-state index in [1.54, 1.807) is 56.5 Å². The second-order valence-electron chi connectivity index (χ2n) is 24.7. The molecule has 0 spiro atoms. The first-order valence-electron chi connectivity index (χ1n) is 35.6. The van der Waals surface area contributed by atoms with Crippen LogP contribution in [-0.4, -0.2) is 198 Å². The number of benzene rings is 5. The zero-order chi connectivity index (χ0) is 74.9. The highest BCUT2D eigenvalue weighted by atomic mass is 16.8. The summed E-state index contributed by atoms with van der Waals surface area (Å²) >= 11 is 0. The van der Waals surface area contributed by atoms with Crippen LogP contribution in [0, 0.1) is 0 Å². The number of azide groups is 1. The molecule has 3 aliphatic heterocycles. The lowest BCUT2D eigenvalue weighted by molar-refractivity contribution is -0.177. The largest absolute Gasteiger partial charge is 0.511 e. The Hall–Kier alpha value is -10.1. The molecule has 0 saturated carbocycles. The highest BCUT2D eigenvalue weighted by Crippen LogP contribution is 2.44. The summed E-state index contributed by atoms with van der Waals surface area (Å²) in [6.07, 6.45) is -2.20. The van der Waals surface area contributed by atoms with Crippen LogP contribution < -0.4 is 41.0 Å². The van der Waals surface area contributed by atoms with Crippen LogP contribution in [0.25, 0.3) is 32.7 Å². The summed E-state index contributed by atoms with van der Waals surface area (Å²) in [6.45, 7) is 7.24. The van der Waals surface area contributed by atoms with Gasteiger partial charge >= 0.3 is 12.1 Å². The SMILES string of the molecule is CC[C@@]1(OC(=O)O[C@H](NC(=O)C(CCCCNC(c2ccccc2)(c2ccccc2)c2ccc(OC)cc2)NC(=O)COCC(=O)NCCOCCOCCOCCOCCOCCOCCOCCOCCN=[N+]=[N-])c2ccccc2)C(=O)OCc2c1cc1n(c2=O)Cc2cc3cc4c(cc3nc2-1)OCO4. The molecule has 10 rings (SSSR count). The van der Waals surface area contributed by atoms with Crippen molar-refractivity contribution in [2.45, 2.75) is 69.2 Å². The van der Waals surface area contributed by atoms with Crippen LogP contribution >= 0.6 is 0 Å². The molecule has 0 fully saturated rings. The standard InChI is InChI=1S/C77H91N9O21/c1-3-76(62-47-65-70-56(49-86(65)73(90)61(62)50-103-74(76)91)45-55-46-66-67(105-53-104-66)48-64(55)83-70)107-75(92)106-72(54-15-7-4-8-16-54)84-71(89)63(21-13-14-26-80-77(57-17-9-5-10-18-57,58-19-11-6-12-20-58)59-22-24-60(93-2)25-23-59)82-69(88)52-102-51-68(87)79-27-29-94-31-33-96-35-37-98-39-41-100-43-44-101-42-40-99-38-36-97-34-32-95-30-28-81-85-78/h4-12,15-20,22-25,45-48,63,72,80H,3,13-14,21,26-44,49-53H2,1-2H3,(H,79,87)(H,82,88)(H,84,89)/t63?,72-,76-/m0/s1. The number of esters is 1. The molecule has 0 saturated heterocycles. The van der Waals surface area contributed by atoms with Gasteiger partial charge in [-0.25, -0.2) is 14.6 Å². The Morgan fingerprint density at radius 2 is 1.20 bits per heavy atom. The van der Waals surface area contributed by atoms with Crippen LogP contribution in [0.2, 0.25) is 0 Å². The van der Waals surface area contributed by atoms with E-state index in [4.69, 9.17) is 81.6 Å². The van der Waals surface area contributed by atoms with Gasteiger partial charge < -0.3 is 91.6 Å². The van der Waals surface area contributed by atoms with Crippen molar-refractivity contribution in [2.75, 3.05) is 152 Å².